The van der Waals surface area contributed by atoms with Crippen molar-refractivity contribution in [1.29, 1.82) is 0 Å². The first-order valence-corrected chi connectivity index (χ1v) is 14.7. The summed E-state index contributed by atoms with van der Waals surface area (Å²) in [6.45, 7) is 27.0. The normalized spacial score (nSPS) is 13.0. The van der Waals surface area contributed by atoms with Crippen LogP contribution in [0.1, 0.15) is 123 Å². The van der Waals surface area contributed by atoms with E-state index in [-0.39, 0.29) is 27.6 Å². The second-order valence-corrected chi connectivity index (χ2v) is 15.3. The summed E-state index contributed by atoms with van der Waals surface area (Å²) in [7, 11) is 0. The van der Waals surface area contributed by atoms with Crippen LogP contribution in [0.25, 0.3) is 0 Å². The molecule has 0 saturated heterocycles. The number of rotatable bonds is 9. The van der Waals surface area contributed by atoms with Crippen LogP contribution in [0.4, 0.5) is 0 Å². The Morgan fingerprint density at radius 2 is 0.975 bits per heavy atom. The van der Waals surface area contributed by atoms with Crippen molar-refractivity contribution in [2.24, 2.45) is 0 Å². The van der Waals surface area contributed by atoms with Gasteiger partial charge in [-0.25, -0.2) is 0 Å². The summed E-state index contributed by atoms with van der Waals surface area (Å²) in [6.07, 6.45) is 1.70. The van der Waals surface area contributed by atoms with Crippen LogP contribution < -0.4 is 5.32 Å². The number of aryl methyl sites for hydroxylation is 1. The van der Waals surface area contributed by atoms with Crippen LogP contribution in [-0.4, -0.2) is 35.9 Å². The van der Waals surface area contributed by atoms with Crippen molar-refractivity contribution in [1.82, 2.24) is 5.32 Å². The van der Waals surface area contributed by atoms with Crippen LogP contribution in [-0.2, 0) is 44.0 Å². The number of benzene rings is 2. The number of esters is 1. The summed E-state index contributed by atoms with van der Waals surface area (Å²) < 4.78 is 5.49. The Kier molecular flexibility index (Phi) is 10.6. The number of carbonyl (C=O) groups excluding carboxylic acids is 1. The zero-order valence-corrected chi connectivity index (χ0v) is 27.3. The van der Waals surface area contributed by atoms with Crippen LogP contribution in [0, 0.1) is 0 Å². The molecule has 0 bridgehead atoms. The average molecular weight is 554 g/mol. The zero-order valence-electron chi connectivity index (χ0n) is 27.3. The molecule has 3 N–H and O–H groups in total. The molecule has 5 nitrogen and oxygen atoms in total. The molecule has 0 atom stereocenters. The fourth-order valence-corrected chi connectivity index (χ4v) is 4.88. The smallest absolute Gasteiger partial charge is 0.306 e. The van der Waals surface area contributed by atoms with Gasteiger partial charge in [0.05, 0.1) is 0 Å². The van der Waals surface area contributed by atoms with Gasteiger partial charge >= 0.3 is 5.97 Å². The number of nitrogens with one attached hydrogen (secondary N) is 1. The van der Waals surface area contributed by atoms with Crippen LogP contribution >= 0.6 is 0 Å². The van der Waals surface area contributed by atoms with Crippen LogP contribution in [0.15, 0.2) is 24.3 Å². The molecule has 0 spiro atoms. The molecule has 2 aromatic carbocycles. The Morgan fingerprint density at radius 1 is 0.625 bits per heavy atom. The fraction of sp³-hybridized carbons (Fsp3) is 0.629. The molecule has 2 aromatic rings. The van der Waals surface area contributed by atoms with Gasteiger partial charge in [0.1, 0.15) is 18.1 Å². The van der Waals surface area contributed by atoms with Gasteiger partial charge in [0.25, 0.3) is 0 Å². The van der Waals surface area contributed by atoms with Crippen molar-refractivity contribution in [2.45, 2.75) is 124 Å². The summed E-state index contributed by atoms with van der Waals surface area (Å²) in [5.41, 5.74) is 5.30. The van der Waals surface area contributed by atoms with Gasteiger partial charge in [-0.3, -0.25) is 4.79 Å². The molecular weight excluding hydrogens is 498 g/mol. The molecule has 0 aromatic heterocycles. The summed E-state index contributed by atoms with van der Waals surface area (Å²) in [5.74, 6) is 0.543. The monoisotopic (exact) mass is 553 g/mol. The Balaban J connectivity index is 1.91. The number of ether oxygens (including phenoxy) is 1. The SMILES string of the molecule is CC(C)(C)c1cc(CCNCCOC(=O)CCc2cc(C(C)(C)C)c(O)c(C(C)(C)C)c2)cc(C(C)(C)C)c1O. The third-order valence-electron chi connectivity index (χ3n) is 7.32. The summed E-state index contributed by atoms with van der Waals surface area (Å²) in [5, 5.41) is 25.2. The van der Waals surface area contributed by atoms with E-state index in [2.05, 4.69) is 101 Å². The van der Waals surface area contributed by atoms with Crippen molar-refractivity contribution in [3.8, 4) is 11.5 Å². The highest BCUT2D eigenvalue weighted by molar-refractivity contribution is 5.69. The predicted molar refractivity (Wildman–Crippen MR) is 167 cm³/mol. The topological polar surface area (TPSA) is 78.8 Å². The predicted octanol–water partition coefficient (Wildman–Crippen LogP) is 7.60. The van der Waals surface area contributed by atoms with Gasteiger partial charge in [0, 0.05) is 13.0 Å². The molecule has 224 valence electrons. The number of aromatic hydroxyl groups is 2. The highest BCUT2D eigenvalue weighted by Gasteiger charge is 2.28. The number of hydrogen-bond acceptors (Lipinski definition) is 5. The Hall–Kier alpha value is -2.53. The van der Waals surface area contributed by atoms with Gasteiger partial charge in [-0.15, -0.1) is 0 Å². The largest absolute Gasteiger partial charge is 0.507 e. The van der Waals surface area contributed by atoms with E-state index in [9.17, 15) is 15.0 Å². The molecule has 0 aliphatic heterocycles. The van der Waals surface area contributed by atoms with E-state index >= 15 is 0 Å². The number of phenols is 2. The minimum absolute atomic E-state index is 0.148. The van der Waals surface area contributed by atoms with Crippen molar-refractivity contribution in [2.75, 3.05) is 19.7 Å². The molecule has 0 fully saturated rings. The van der Waals surface area contributed by atoms with Crippen molar-refractivity contribution >= 4 is 5.97 Å². The lowest BCUT2D eigenvalue weighted by atomic mass is 9.78. The lowest BCUT2D eigenvalue weighted by molar-refractivity contribution is -0.143. The van der Waals surface area contributed by atoms with Crippen LogP contribution in [0.2, 0.25) is 0 Å². The lowest BCUT2D eigenvalue weighted by Gasteiger charge is -2.28. The number of carbonyl (C=O) groups is 1. The Bertz CT molecular complexity index is 1100. The highest BCUT2D eigenvalue weighted by atomic mass is 16.5. The third-order valence-corrected chi connectivity index (χ3v) is 7.32. The molecular formula is C35H55NO4. The molecule has 0 aliphatic rings. The molecule has 0 radical (unpaired) electrons. The first-order valence-electron chi connectivity index (χ1n) is 14.7. The van der Waals surface area contributed by atoms with Gasteiger partial charge < -0.3 is 20.3 Å². The standard InChI is InChI=1S/C35H55NO4/c1-32(2,3)25-19-23(20-26(30(25)38)33(4,5)6)13-14-29(37)40-18-17-36-16-15-24-21-27(34(7,8)9)31(39)28(22-24)35(10,11)12/h19-22,36,38-39H,13-18H2,1-12H3. The van der Waals surface area contributed by atoms with Gasteiger partial charge in [-0.05, 0) is 74.4 Å². The lowest BCUT2D eigenvalue weighted by Crippen LogP contribution is -2.24. The third kappa shape index (κ3) is 9.26. The van der Waals surface area contributed by atoms with E-state index in [0.717, 1.165) is 40.8 Å². The molecule has 2 rings (SSSR count). The van der Waals surface area contributed by atoms with E-state index in [4.69, 9.17) is 4.74 Å². The van der Waals surface area contributed by atoms with Crippen molar-refractivity contribution in [3.05, 3.63) is 57.6 Å². The molecule has 0 aliphatic carbocycles. The zero-order chi connectivity index (χ0) is 30.7. The Labute approximate surface area is 243 Å². The summed E-state index contributed by atoms with van der Waals surface area (Å²) >= 11 is 0. The van der Waals surface area contributed by atoms with E-state index in [1.165, 1.54) is 5.56 Å². The van der Waals surface area contributed by atoms with Gasteiger partial charge in [0.15, 0.2) is 0 Å². The molecule has 5 heteroatoms. The van der Waals surface area contributed by atoms with E-state index in [1.54, 1.807) is 0 Å². The van der Waals surface area contributed by atoms with E-state index in [0.29, 0.717) is 37.5 Å². The fourth-order valence-electron chi connectivity index (χ4n) is 4.88. The van der Waals surface area contributed by atoms with Gasteiger partial charge in [-0.1, -0.05) is 107 Å². The number of phenolic OH excluding ortho intramolecular Hbond substituents is 2. The molecule has 0 unspecified atom stereocenters. The number of hydrogen-bond donors (Lipinski definition) is 3. The molecule has 0 saturated carbocycles. The maximum Gasteiger partial charge on any atom is 0.306 e. The minimum Gasteiger partial charge on any atom is -0.507 e. The van der Waals surface area contributed by atoms with Gasteiger partial charge in [-0.2, -0.15) is 0 Å². The van der Waals surface area contributed by atoms with Crippen molar-refractivity contribution in [3.63, 3.8) is 0 Å². The van der Waals surface area contributed by atoms with Crippen molar-refractivity contribution < 1.29 is 19.7 Å². The van der Waals surface area contributed by atoms with Crippen LogP contribution in [0.3, 0.4) is 0 Å². The second-order valence-electron chi connectivity index (χ2n) is 15.3. The first-order chi connectivity index (χ1) is 18.1. The van der Waals surface area contributed by atoms with Crippen LogP contribution in [0.5, 0.6) is 11.5 Å². The van der Waals surface area contributed by atoms with E-state index < -0.39 is 0 Å². The highest BCUT2D eigenvalue weighted by Crippen LogP contribution is 2.41. The van der Waals surface area contributed by atoms with Gasteiger partial charge in [0.2, 0.25) is 0 Å². The quantitative estimate of drug-likeness (QED) is 0.220. The summed E-state index contributed by atoms with van der Waals surface area (Å²) in [4.78, 5) is 12.5. The maximum absolute atomic E-state index is 12.5. The maximum atomic E-state index is 12.5. The molecule has 40 heavy (non-hydrogen) atoms. The first kappa shape index (κ1) is 33.7. The van der Waals surface area contributed by atoms with E-state index in [1.807, 2.05) is 12.1 Å². The Morgan fingerprint density at radius 3 is 1.32 bits per heavy atom. The second kappa shape index (κ2) is 12.5. The summed E-state index contributed by atoms with van der Waals surface area (Å²) in [6, 6.07) is 8.29. The molecule has 0 amide bonds. The molecule has 0 heterocycles. The minimum atomic E-state index is -0.215. The average Bonchev–Trinajstić information content (AvgIpc) is 2.78.